The summed E-state index contributed by atoms with van der Waals surface area (Å²) < 4.78 is 0. The Hall–Kier alpha value is -3.18. The molecule has 11 heteroatoms. The maximum atomic E-state index is 12.8. The number of nitrogens with two attached hydrogens (primary N) is 2. The minimum Gasteiger partial charge on any atom is -0.339 e. The summed E-state index contributed by atoms with van der Waals surface area (Å²) in [7, 11) is 0. The standard InChI is InChI=1S/C23H33N5O6/c1-13(2)19-15(4)21(32)28(23(19)34)10-8-26(18(30)6-5-16(29)11-24)7-9-27-20(31)14(3)17(12-25)22(27)33/h13H,5-12,24-25H2,1-4H3. The zero-order chi connectivity index (χ0) is 25.7. The van der Waals surface area contributed by atoms with E-state index in [0.29, 0.717) is 11.1 Å². The van der Waals surface area contributed by atoms with Crippen molar-refractivity contribution in [3.05, 3.63) is 22.3 Å². The Bertz CT molecular complexity index is 980. The van der Waals surface area contributed by atoms with E-state index in [0.717, 1.165) is 9.80 Å². The van der Waals surface area contributed by atoms with Gasteiger partial charge in [-0.1, -0.05) is 13.8 Å². The number of ketones is 1. The molecule has 4 N–H and O–H groups in total. The van der Waals surface area contributed by atoms with Crippen molar-refractivity contribution in [3.63, 3.8) is 0 Å². The second-order valence-corrected chi connectivity index (χ2v) is 8.65. The molecule has 2 heterocycles. The van der Waals surface area contributed by atoms with Crippen LogP contribution in [0.4, 0.5) is 0 Å². The van der Waals surface area contributed by atoms with Gasteiger partial charge in [-0.2, -0.15) is 0 Å². The quantitative estimate of drug-likeness (QED) is 0.343. The third-order valence-corrected chi connectivity index (χ3v) is 6.13. The highest BCUT2D eigenvalue weighted by Gasteiger charge is 2.38. The first kappa shape index (κ1) is 27.1. The number of hydrogen-bond acceptors (Lipinski definition) is 8. The van der Waals surface area contributed by atoms with E-state index in [1.165, 1.54) is 11.8 Å². The lowest BCUT2D eigenvalue weighted by Gasteiger charge is -2.27. The summed E-state index contributed by atoms with van der Waals surface area (Å²) >= 11 is 0. The minimum absolute atomic E-state index is 0.00182. The first-order chi connectivity index (χ1) is 16.0. The van der Waals surface area contributed by atoms with E-state index in [4.69, 9.17) is 11.5 Å². The summed E-state index contributed by atoms with van der Waals surface area (Å²) in [4.78, 5) is 78.1. The Morgan fingerprint density at radius 3 is 1.79 bits per heavy atom. The van der Waals surface area contributed by atoms with Crippen molar-refractivity contribution in [1.82, 2.24) is 14.7 Å². The van der Waals surface area contributed by atoms with Gasteiger partial charge in [-0.3, -0.25) is 38.6 Å². The molecule has 0 aromatic carbocycles. The maximum Gasteiger partial charge on any atom is 0.258 e. The molecular formula is C23H33N5O6. The molecule has 2 rings (SSSR count). The third-order valence-electron chi connectivity index (χ3n) is 6.13. The first-order valence-electron chi connectivity index (χ1n) is 11.3. The van der Waals surface area contributed by atoms with E-state index in [9.17, 15) is 28.8 Å². The van der Waals surface area contributed by atoms with Crippen molar-refractivity contribution >= 4 is 35.3 Å². The molecule has 11 nitrogen and oxygen atoms in total. The summed E-state index contributed by atoms with van der Waals surface area (Å²) in [5.74, 6) is -2.57. The molecule has 0 aromatic rings. The molecular weight excluding hydrogens is 442 g/mol. The van der Waals surface area contributed by atoms with Crippen molar-refractivity contribution in [2.45, 2.75) is 40.5 Å². The lowest BCUT2D eigenvalue weighted by molar-refractivity contribution is -0.141. The molecule has 0 bridgehead atoms. The molecule has 0 spiro atoms. The zero-order valence-corrected chi connectivity index (χ0v) is 20.2. The van der Waals surface area contributed by atoms with Gasteiger partial charge in [-0.15, -0.1) is 0 Å². The average molecular weight is 476 g/mol. The van der Waals surface area contributed by atoms with Gasteiger partial charge in [-0.05, 0) is 19.8 Å². The van der Waals surface area contributed by atoms with Crippen molar-refractivity contribution in [3.8, 4) is 0 Å². The third kappa shape index (κ3) is 5.48. The number of imide groups is 2. The number of carbonyl (C=O) groups excluding carboxylic acids is 6. The van der Waals surface area contributed by atoms with Crippen molar-refractivity contribution < 1.29 is 28.8 Å². The number of carbonyl (C=O) groups is 6. The summed E-state index contributed by atoms with van der Waals surface area (Å²) in [5, 5.41) is 0. The normalized spacial score (nSPS) is 16.7. The smallest absolute Gasteiger partial charge is 0.258 e. The number of nitrogens with zero attached hydrogens (tertiary/aromatic N) is 3. The molecule has 0 fully saturated rings. The van der Waals surface area contributed by atoms with Gasteiger partial charge in [0.15, 0.2) is 0 Å². The van der Waals surface area contributed by atoms with Crippen molar-refractivity contribution in [1.29, 1.82) is 0 Å². The molecule has 0 aromatic heterocycles. The molecule has 0 aliphatic carbocycles. The fourth-order valence-electron chi connectivity index (χ4n) is 4.10. The zero-order valence-electron chi connectivity index (χ0n) is 20.2. The Labute approximate surface area is 198 Å². The van der Waals surface area contributed by atoms with E-state index in [1.807, 2.05) is 13.8 Å². The Balaban J connectivity index is 2.12. The van der Waals surface area contributed by atoms with Crippen LogP contribution in [0.3, 0.4) is 0 Å². The molecule has 5 amide bonds. The van der Waals surface area contributed by atoms with Crippen LogP contribution in [0.1, 0.15) is 40.5 Å². The van der Waals surface area contributed by atoms with Gasteiger partial charge in [0.2, 0.25) is 5.91 Å². The molecule has 2 aliphatic rings. The fraction of sp³-hybridized carbons (Fsp3) is 0.565. The van der Waals surface area contributed by atoms with Gasteiger partial charge in [0, 0.05) is 67.9 Å². The van der Waals surface area contributed by atoms with Crippen LogP contribution in [0.25, 0.3) is 0 Å². The highest BCUT2D eigenvalue weighted by atomic mass is 16.2. The number of rotatable bonds is 12. The van der Waals surface area contributed by atoms with Gasteiger partial charge in [0.05, 0.1) is 6.54 Å². The molecule has 186 valence electrons. The Kier molecular flexibility index (Phi) is 9.00. The van der Waals surface area contributed by atoms with E-state index >= 15 is 0 Å². The number of Topliss-reactive ketones (excluding diaryl/α,β-unsaturated/α-hetero) is 1. The van der Waals surface area contributed by atoms with Crippen LogP contribution in [0.5, 0.6) is 0 Å². The van der Waals surface area contributed by atoms with Crippen molar-refractivity contribution in [2.24, 2.45) is 17.4 Å². The Morgan fingerprint density at radius 1 is 0.824 bits per heavy atom. The van der Waals surface area contributed by atoms with Gasteiger partial charge in [-0.25, -0.2) is 0 Å². The van der Waals surface area contributed by atoms with Crippen LogP contribution < -0.4 is 11.5 Å². The Morgan fingerprint density at radius 2 is 1.35 bits per heavy atom. The maximum absolute atomic E-state index is 12.8. The summed E-state index contributed by atoms with van der Waals surface area (Å²) in [5.41, 5.74) is 12.2. The van der Waals surface area contributed by atoms with Gasteiger partial charge in [0.25, 0.3) is 23.6 Å². The second-order valence-electron chi connectivity index (χ2n) is 8.65. The predicted octanol–water partition coefficient (Wildman–Crippen LogP) is -0.892. The number of hydrogen-bond donors (Lipinski definition) is 2. The lowest BCUT2D eigenvalue weighted by atomic mass is 10.00. The summed E-state index contributed by atoms with van der Waals surface area (Å²) in [6.45, 7) is 6.39. The van der Waals surface area contributed by atoms with Gasteiger partial charge in [0.1, 0.15) is 5.78 Å². The van der Waals surface area contributed by atoms with Crippen LogP contribution in [0, 0.1) is 5.92 Å². The van der Waals surface area contributed by atoms with Crippen LogP contribution >= 0.6 is 0 Å². The predicted molar refractivity (Wildman–Crippen MR) is 123 cm³/mol. The van der Waals surface area contributed by atoms with Crippen LogP contribution in [-0.2, 0) is 28.8 Å². The van der Waals surface area contributed by atoms with Crippen LogP contribution in [-0.4, -0.2) is 89.3 Å². The highest BCUT2D eigenvalue weighted by molar-refractivity contribution is 6.20. The molecule has 0 radical (unpaired) electrons. The lowest BCUT2D eigenvalue weighted by Crippen LogP contribution is -2.46. The van der Waals surface area contributed by atoms with Crippen molar-refractivity contribution in [2.75, 3.05) is 39.3 Å². The second kappa shape index (κ2) is 11.3. The highest BCUT2D eigenvalue weighted by Crippen LogP contribution is 2.26. The molecule has 2 aliphatic heterocycles. The van der Waals surface area contributed by atoms with E-state index in [1.54, 1.807) is 6.92 Å². The SMILES string of the molecule is CC1=C(CN)C(=O)N(CCN(CCN2C(=O)C(C)=C(C(C)C)C2=O)C(=O)CCC(=O)CN)C1=O. The molecule has 0 saturated heterocycles. The minimum atomic E-state index is -0.498. The monoisotopic (exact) mass is 475 g/mol. The fourth-order valence-corrected chi connectivity index (χ4v) is 4.10. The molecule has 0 atom stereocenters. The van der Waals surface area contributed by atoms with E-state index in [-0.39, 0.29) is 80.9 Å². The number of amides is 5. The molecule has 0 unspecified atom stereocenters. The van der Waals surface area contributed by atoms with E-state index in [2.05, 4.69) is 0 Å². The average Bonchev–Trinajstić information content (AvgIpc) is 3.14. The van der Waals surface area contributed by atoms with Crippen LogP contribution in [0.2, 0.25) is 0 Å². The summed E-state index contributed by atoms with van der Waals surface area (Å²) in [6, 6.07) is 0. The van der Waals surface area contributed by atoms with Gasteiger partial charge < -0.3 is 16.4 Å². The molecule has 34 heavy (non-hydrogen) atoms. The molecule has 0 saturated carbocycles. The largest absolute Gasteiger partial charge is 0.339 e. The topological polar surface area (TPSA) is 164 Å². The van der Waals surface area contributed by atoms with E-state index < -0.39 is 23.6 Å². The summed E-state index contributed by atoms with van der Waals surface area (Å²) in [6.07, 6.45) is -0.162. The first-order valence-corrected chi connectivity index (χ1v) is 11.3. The van der Waals surface area contributed by atoms with Crippen LogP contribution in [0.15, 0.2) is 22.3 Å². The van der Waals surface area contributed by atoms with Gasteiger partial charge >= 0.3 is 0 Å².